The molecule has 2 aromatic carbocycles. The molecule has 2 aliphatic heterocycles. The van der Waals surface area contributed by atoms with Crippen molar-refractivity contribution < 1.29 is 14.3 Å². The first-order valence-electron chi connectivity index (χ1n) is 9.23. The van der Waals surface area contributed by atoms with Crippen LogP contribution in [0.4, 0.5) is 4.79 Å². The predicted molar refractivity (Wildman–Crippen MR) is 99.2 cm³/mol. The van der Waals surface area contributed by atoms with E-state index in [1.807, 2.05) is 47.4 Å². The van der Waals surface area contributed by atoms with Crippen LogP contribution in [0.25, 0.3) is 0 Å². The zero-order valence-electron chi connectivity index (χ0n) is 14.8. The molecule has 5 nitrogen and oxygen atoms in total. The molecule has 0 aliphatic carbocycles. The van der Waals surface area contributed by atoms with E-state index in [4.69, 9.17) is 9.47 Å². The normalized spacial score (nSPS) is 19.4. The van der Waals surface area contributed by atoms with E-state index in [0.29, 0.717) is 26.2 Å². The molecule has 136 valence electrons. The van der Waals surface area contributed by atoms with Gasteiger partial charge < -0.3 is 19.7 Å². The summed E-state index contributed by atoms with van der Waals surface area (Å²) in [6.45, 7) is 3.08. The summed E-state index contributed by atoms with van der Waals surface area (Å²) in [6, 6.07) is 16.2. The van der Waals surface area contributed by atoms with Crippen molar-refractivity contribution in [1.29, 1.82) is 0 Å². The molecule has 1 atom stereocenters. The van der Waals surface area contributed by atoms with Gasteiger partial charge in [-0.25, -0.2) is 4.79 Å². The summed E-state index contributed by atoms with van der Waals surface area (Å²) in [6.07, 6.45) is 2.04. The molecule has 26 heavy (non-hydrogen) atoms. The first-order chi connectivity index (χ1) is 12.8. The molecule has 1 saturated heterocycles. The summed E-state index contributed by atoms with van der Waals surface area (Å²) in [5, 5.41) is 3.04. The Kier molecular flexibility index (Phi) is 5.07. The molecular weight excluding hydrogens is 328 g/mol. The van der Waals surface area contributed by atoms with Crippen molar-refractivity contribution in [3.63, 3.8) is 0 Å². The third-order valence-electron chi connectivity index (χ3n) is 4.94. The van der Waals surface area contributed by atoms with Gasteiger partial charge in [0, 0.05) is 13.1 Å². The van der Waals surface area contributed by atoms with E-state index in [2.05, 4.69) is 11.4 Å². The lowest BCUT2D eigenvalue weighted by atomic mass is 10.0. The minimum absolute atomic E-state index is 0.0387. The molecule has 0 aromatic heterocycles. The zero-order valence-corrected chi connectivity index (χ0v) is 14.8. The van der Waals surface area contributed by atoms with Gasteiger partial charge in [-0.1, -0.05) is 42.5 Å². The van der Waals surface area contributed by atoms with Crippen LogP contribution >= 0.6 is 0 Å². The largest absolute Gasteiger partial charge is 0.493 e. The topological polar surface area (TPSA) is 50.8 Å². The molecule has 0 saturated carbocycles. The van der Waals surface area contributed by atoms with Crippen LogP contribution in [0.3, 0.4) is 0 Å². The second-order valence-electron chi connectivity index (χ2n) is 6.77. The summed E-state index contributed by atoms with van der Waals surface area (Å²) in [7, 11) is 0. The maximum Gasteiger partial charge on any atom is 0.317 e. The van der Waals surface area contributed by atoms with E-state index >= 15 is 0 Å². The van der Waals surface area contributed by atoms with E-state index in [-0.39, 0.29) is 12.1 Å². The maximum absolute atomic E-state index is 12.6. The van der Waals surface area contributed by atoms with Crippen LogP contribution in [-0.2, 0) is 17.7 Å². The summed E-state index contributed by atoms with van der Waals surface area (Å²) in [4.78, 5) is 14.4. The van der Waals surface area contributed by atoms with Gasteiger partial charge in [0.05, 0.1) is 19.8 Å². The third kappa shape index (κ3) is 3.83. The first kappa shape index (κ1) is 16.9. The van der Waals surface area contributed by atoms with Crippen molar-refractivity contribution in [3.05, 3.63) is 65.2 Å². The number of fused-ring (bicyclic) bond motifs is 1. The molecule has 4 rings (SSSR count). The summed E-state index contributed by atoms with van der Waals surface area (Å²) >= 11 is 0. The van der Waals surface area contributed by atoms with Crippen molar-refractivity contribution in [2.75, 3.05) is 26.3 Å². The molecule has 0 spiro atoms. The monoisotopic (exact) mass is 352 g/mol. The number of urea groups is 1. The van der Waals surface area contributed by atoms with Gasteiger partial charge in [-0.2, -0.15) is 0 Å². The van der Waals surface area contributed by atoms with Gasteiger partial charge >= 0.3 is 6.03 Å². The van der Waals surface area contributed by atoms with Crippen molar-refractivity contribution in [2.45, 2.75) is 25.5 Å². The fraction of sp³-hybridized carbons (Fsp3) is 0.381. The van der Waals surface area contributed by atoms with Gasteiger partial charge in [-0.3, -0.25) is 0 Å². The number of amides is 2. The first-order valence-corrected chi connectivity index (χ1v) is 9.23. The van der Waals surface area contributed by atoms with Gasteiger partial charge in [0.15, 0.2) is 0 Å². The summed E-state index contributed by atoms with van der Waals surface area (Å²) in [5.41, 5.74) is 3.45. The van der Waals surface area contributed by atoms with Crippen LogP contribution in [0.2, 0.25) is 0 Å². The van der Waals surface area contributed by atoms with Crippen LogP contribution < -0.4 is 10.1 Å². The number of ether oxygens (including phenoxy) is 2. The zero-order chi connectivity index (χ0) is 17.8. The highest BCUT2D eigenvalue weighted by molar-refractivity contribution is 5.74. The van der Waals surface area contributed by atoms with Gasteiger partial charge in [-0.15, -0.1) is 0 Å². The minimum atomic E-state index is -0.0587. The summed E-state index contributed by atoms with van der Waals surface area (Å²) < 4.78 is 11.5. The lowest BCUT2D eigenvalue weighted by Gasteiger charge is -2.33. The molecule has 0 radical (unpaired) electrons. The number of benzene rings is 2. The van der Waals surface area contributed by atoms with E-state index in [1.54, 1.807) is 0 Å². The number of rotatable bonds is 3. The Balaban J connectivity index is 1.34. The fourth-order valence-corrected chi connectivity index (χ4v) is 3.52. The van der Waals surface area contributed by atoms with Crippen molar-refractivity contribution in [2.24, 2.45) is 0 Å². The molecule has 1 N–H and O–H groups in total. The fourth-order valence-electron chi connectivity index (χ4n) is 3.52. The lowest BCUT2D eigenvalue weighted by molar-refractivity contribution is -0.0154. The highest BCUT2D eigenvalue weighted by atomic mass is 16.5. The predicted octanol–water partition coefficient (Wildman–Crippen LogP) is 3.29. The Morgan fingerprint density at radius 3 is 2.92 bits per heavy atom. The molecule has 2 aromatic rings. The molecule has 5 heteroatoms. The Morgan fingerprint density at radius 1 is 1.15 bits per heavy atom. The number of carbonyl (C=O) groups is 1. The average molecular weight is 352 g/mol. The van der Waals surface area contributed by atoms with Crippen LogP contribution in [0.5, 0.6) is 5.75 Å². The van der Waals surface area contributed by atoms with Gasteiger partial charge in [0.2, 0.25) is 0 Å². The summed E-state index contributed by atoms with van der Waals surface area (Å²) in [5.74, 6) is 0.977. The third-order valence-corrected chi connectivity index (χ3v) is 4.94. The van der Waals surface area contributed by atoms with E-state index in [1.165, 1.54) is 5.56 Å². The minimum Gasteiger partial charge on any atom is -0.493 e. The molecule has 2 amide bonds. The Morgan fingerprint density at radius 2 is 2.04 bits per heavy atom. The SMILES string of the molecule is O=C(NCc1ccc2c(c1)CCCO2)N1CCOC(c2ccccc2)C1. The van der Waals surface area contributed by atoms with Crippen LogP contribution in [-0.4, -0.2) is 37.2 Å². The molecule has 2 aliphatic rings. The van der Waals surface area contributed by atoms with Gasteiger partial charge in [-0.05, 0) is 35.6 Å². The second-order valence-corrected chi connectivity index (χ2v) is 6.77. The Hall–Kier alpha value is -2.53. The van der Waals surface area contributed by atoms with Gasteiger partial charge in [0.1, 0.15) is 11.9 Å². The number of hydrogen-bond acceptors (Lipinski definition) is 3. The lowest BCUT2D eigenvalue weighted by Crippen LogP contribution is -2.46. The highest BCUT2D eigenvalue weighted by Gasteiger charge is 2.25. The second kappa shape index (κ2) is 7.79. The van der Waals surface area contributed by atoms with Crippen LogP contribution in [0.15, 0.2) is 48.5 Å². The van der Waals surface area contributed by atoms with E-state index < -0.39 is 0 Å². The van der Waals surface area contributed by atoms with Gasteiger partial charge in [0.25, 0.3) is 0 Å². The molecule has 0 bridgehead atoms. The molecule has 2 heterocycles. The Labute approximate surface area is 153 Å². The molecule has 1 fully saturated rings. The van der Waals surface area contributed by atoms with Crippen LogP contribution in [0.1, 0.15) is 29.2 Å². The number of morpholine rings is 1. The standard InChI is InChI=1S/C21H24N2O3/c24-21(22-14-16-8-9-19-18(13-16)7-4-11-25-19)23-10-12-26-20(15-23)17-5-2-1-3-6-17/h1-3,5-6,8-9,13,20H,4,7,10-12,14-15H2,(H,22,24). The maximum atomic E-state index is 12.6. The van der Waals surface area contributed by atoms with E-state index in [9.17, 15) is 4.79 Å². The highest BCUT2D eigenvalue weighted by Crippen LogP contribution is 2.26. The van der Waals surface area contributed by atoms with Crippen molar-refractivity contribution >= 4 is 6.03 Å². The number of carbonyl (C=O) groups excluding carboxylic acids is 1. The van der Waals surface area contributed by atoms with Crippen molar-refractivity contribution in [3.8, 4) is 5.75 Å². The quantitative estimate of drug-likeness (QED) is 0.922. The van der Waals surface area contributed by atoms with E-state index in [0.717, 1.165) is 36.3 Å². The Bertz CT molecular complexity index is 763. The number of nitrogens with zero attached hydrogens (tertiary/aromatic N) is 1. The number of aryl methyl sites for hydroxylation is 1. The number of nitrogens with one attached hydrogen (secondary N) is 1. The number of hydrogen-bond donors (Lipinski definition) is 1. The molecular formula is C21H24N2O3. The average Bonchev–Trinajstić information content (AvgIpc) is 2.72. The smallest absolute Gasteiger partial charge is 0.317 e. The van der Waals surface area contributed by atoms with Crippen LogP contribution in [0, 0.1) is 0 Å². The molecule has 1 unspecified atom stereocenters. The van der Waals surface area contributed by atoms with Crippen molar-refractivity contribution in [1.82, 2.24) is 10.2 Å².